The average Bonchev–Trinajstić information content (AvgIpc) is 2.91. The van der Waals surface area contributed by atoms with Crippen LogP contribution in [-0.4, -0.2) is 67.8 Å². The first-order valence-corrected chi connectivity index (χ1v) is 9.75. The summed E-state index contributed by atoms with van der Waals surface area (Å²) in [6.45, 7) is 3.20. The first-order chi connectivity index (χ1) is 12.9. The van der Waals surface area contributed by atoms with Gasteiger partial charge in [-0.2, -0.15) is 0 Å². The van der Waals surface area contributed by atoms with Crippen LogP contribution in [0, 0.1) is 0 Å². The Morgan fingerprint density at radius 2 is 2.19 bits per heavy atom. The summed E-state index contributed by atoms with van der Waals surface area (Å²) in [5, 5.41) is 2.53. The van der Waals surface area contributed by atoms with E-state index in [1.807, 2.05) is 0 Å². The summed E-state index contributed by atoms with van der Waals surface area (Å²) in [6.07, 6.45) is 0. The van der Waals surface area contributed by atoms with Crippen LogP contribution in [0.1, 0.15) is 12.5 Å². The lowest BCUT2D eigenvalue weighted by Gasteiger charge is -2.30. The van der Waals surface area contributed by atoms with Crippen LogP contribution in [0.15, 0.2) is 24.3 Å². The number of thioether (sulfide) groups is 1. The minimum atomic E-state index is -1.14. The summed E-state index contributed by atoms with van der Waals surface area (Å²) in [6, 6.07) is 6.69. The topological polar surface area (TPSA) is 89.4 Å². The Balaban J connectivity index is 1.75. The first-order valence-electron chi connectivity index (χ1n) is 8.70. The summed E-state index contributed by atoms with van der Waals surface area (Å²) in [4.78, 5) is 39.6. The fourth-order valence-corrected chi connectivity index (χ4v) is 4.67. The van der Waals surface area contributed by atoms with Crippen LogP contribution in [0.2, 0.25) is 0 Å². The molecular weight excluding hydrogens is 370 g/mol. The van der Waals surface area contributed by atoms with E-state index >= 15 is 0 Å². The summed E-state index contributed by atoms with van der Waals surface area (Å²) in [7, 11) is 2.92. The minimum absolute atomic E-state index is 0.221. The number of rotatable bonds is 5. The van der Waals surface area contributed by atoms with E-state index < -0.39 is 11.6 Å². The van der Waals surface area contributed by atoms with E-state index in [0.717, 1.165) is 17.2 Å². The van der Waals surface area contributed by atoms with Gasteiger partial charge in [0, 0.05) is 5.75 Å². The molecule has 2 fully saturated rings. The molecule has 2 aliphatic heterocycles. The number of benzene rings is 1. The van der Waals surface area contributed by atoms with Crippen LogP contribution in [0.3, 0.4) is 0 Å². The van der Waals surface area contributed by atoms with Crippen molar-refractivity contribution in [2.45, 2.75) is 17.7 Å². The zero-order valence-corrected chi connectivity index (χ0v) is 16.4. The number of esters is 1. The van der Waals surface area contributed by atoms with Crippen LogP contribution < -0.4 is 15.0 Å². The third-order valence-corrected chi connectivity index (χ3v) is 6.22. The smallest absolute Gasteiger partial charge is 0.329 e. The lowest BCUT2D eigenvalue weighted by atomic mass is 9.92. The van der Waals surface area contributed by atoms with Crippen molar-refractivity contribution in [2.24, 2.45) is 0 Å². The van der Waals surface area contributed by atoms with Crippen LogP contribution in [-0.2, 0) is 19.9 Å². The third-order valence-electron chi connectivity index (χ3n) is 5.02. The van der Waals surface area contributed by atoms with Gasteiger partial charge in [0.2, 0.25) is 0 Å². The van der Waals surface area contributed by atoms with Crippen LogP contribution in [0.25, 0.3) is 0 Å². The highest BCUT2D eigenvalue weighted by Gasteiger charge is 2.50. The molecule has 0 aliphatic carbocycles. The fraction of sp³-hybridized carbons (Fsp3) is 0.500. The van der Waals surface area contributed by atoms with Gasteiger partial charge >= 0.3 is 12.0 Å². The largest absolute Gasteiger partial charge is 0.497 e. The second-order valence-corrected chi connectivity index (χ2v) is 8.08. The molecule has 2 saturated heterocycles. The van der Waals surface area contributed by atoms with Crippen LogP contribution in [0.5, 0.6) is 5.75 Å². The normalized spacial score (nSPS) is 28.0. The maximum absolute atomic E-state index is 13.1. The standard InChI is InChI=1S/C18H23N3O5S/c1-18(12-5-4-6-13(9-12)25-2)16(23)21(17(24)19-18)11-20-7-8-27-14(10-20)15(22)26-3/h4-6,9,14H,7-8,10-11H2,1-3H3,(H,19,24)/p+1/t14-,18+/m0/s1. The van der Waals surface area contributed by atoms with Gasteiger partial charge < -0.3 is 19.7 Å². The first kappa shape index (κ1) is 19.5. The quantitative estimate of drug-likeness (QED) is 0.522. The average molecular weight is 394 g/mol. The van der Waals surface area contributed by atoms with Gasteiger partial charge in [-0.1, -0.05) is 12.1 Å². The maximum Gasteiger partial charge on any atom is 0.329 e. The Bertz CT molecular complexity index is 758. The second-order valence-electron chi connectivity index (χ2n) is 6.77. The number of imide groups is 1. The number of nitrogens with zero attached hydrogens (tertiary/aromatic N) is 1. The number of hydrogen-bond donors (Lipinski definition) is 2. The minimum Gasteiger partial charge on any atom is -0.497 e. The van der Waals surface area contributed by atoms with Gasteiger partial charge in [-0.05, 0) is 24.6 Å². The van der Waals surface area contributed by atoms with Crippen LogP contribution in [0.4, 0.5) is 4.79 Å². The lowest BCUT2D eigenvalue weighted by Crippen LogP contribution is -3.16. The number of carbonyl (C=O) groups excluding carboxylic acids is 3. The molecule has 0 aromatic heterocycles. The summed E-state index contributed by atoms with van der Waals surface area (Å²) >= 11 is 1.55. The number of carbonyl (C=O) groups is 3. The van der Waals surface area contributed by atoms with Crippen molar-refractivity contribution >= 4 is 29.7 Å². The van der Waals surface area contributed by atoms with Crippen molar-refractivity contribution in [3.05, 3.63) is 29.8 Å². The van der Waals surface area contributed by atoms with E-state index in [1.165, 1.54) is 12.0 Å². The molecule has 2 N–H and O–H groups in total. The van der Waals surface area contributed by atoms with E-state index in [9.17, 15) is 14.4 Å². The molecule has 0 bridgehead atoms. The van der Waals surface area contributed by atoms with Gasteiger partial charge in [0.15, 0.2) is 11.9 Å². The SMILES string of the molecule is COC(=O)[C@@H]1C[NH+](CN2C(=O)N[C@](C)(c3cccc(OC)c3)C2=O)CCS1. The van der Waals surface area contributed by atoms with Gasteiger partial charge in [0.1, 0.15) is 17.8 Å². The molecule has 2 heterocycles. The number of nitrogens with one attached hydrogen (secondary N) is 2. The number of quaternary nitrogens is 1. The van der Waals surface area contributed by atoms with Crippen molar-refractivity contribution in [1.29, 1.82) is 0 Å². The van der Waals surface area contributed by atoms with Gasteiger partial charge in [-0.3, -0.25) is 9.59 Å². The monoisotopic (exact) mass is 394 g/mol. The molecule has 1 aromatic rings. The molecule has 0 saturated carbocycles. The Morgan fingerprint density at radius 1 is 1.41 bits per heavy atom. The van der Waals surface area contributed by atoms with Crippen molar-refractivity contribution in [3.63, 3.8) is 0 Å². The molecule has 8 nitrogen and oxygen atoms in total. The number of hydrogen-bond acceptors (Lipinski definition) is 6. The number of urea groups is 1. The molecule has 3 amide bonds. The molecule has 0 radical (unpaired) electrons. The molecule has 3 atom stereocenters. The molecule has 1 aromatic carbocycles. The highest BCUT2D eigenvalue weighted by atomic mass is 32.2. The van der Waals surface area contributed by atoms with E-state index in [2.05, 4.69) is 5.32 Å². The predicted molar refractivity (Wildman–Crippen MR) is 99.5 cm³/mol. The van der Waals surface area contributed by atoms with E-state index in [0.29, 0.717) is 17.9 Å². The third kappa shape index (κ3) is 3.74. The zero-order chi connectivity index (χ0) is 19.6. The Hall–Kier alpha value is -2.26. The Kier molecular flexibility index (Phi) is 5.61. The predicted octanol–water partition coefficient (Wildman–Crippen LogP) is -0.407. The van der Waals surface area contributed by atoms with Crippen molar-refractivity contribution < 1.29 is 28.8 Å². The zero-order valence-electron chi connectivity index (χ0n) is 15.6. The van der Waals surface area contributed by atoms with E-state index in [4.69, 9.17) is 9.47 Å². The van der Waals surface area contributed by atoms with E-state index in [1.54, 1.807) is 50.1 Å². The van der Waals surface area contributed by atoms with Gasteiger partial charge in [0.05, 0.1) is 20.8 Å². The van der Waals surface area contributed by atoms with Crippen molar-refractivity contribution in [3.8, 4) is 5.75 Å². The molecule has 27 heavy (non-hydrogen) atoms. The number of methoxy groups -OCH3 is 2. The van der Waals surface area contributed by atoms with E-state index in [-0.39, 0.29) is 23.8 Å². The highest BCUT2D eigenvalue weighted by Crippen LogP contribution is 2.30. The van der Waals surface area contributed by atoms with Crippen molar-refractivity contribution in [2.75, 3.05) is 39.7 Å². The Labute approximate surface area is 162 Å². The number of amides is 3. The summed E-state index contributed by atoms with van der Waals surface area (Å²) in [5.74, 6) is 0.817. The molecule has 0 spiro atoms. The molecule has 146 valence electrons. The molecule has 2 aliphatic rings. The molecule has 1 unspecified atom stereocenters. The molecule has 9 heteroatoms. The van der Waals surface area contributed by atoms with Gasteiger partial charge in [-0.25, -0.2) is 9.69 Å². The lowest BCUT2D eigenvalue weighted by molar-refractivity contribution is -0.905. The fourth-order valence-electron chi connectivity index (χ4n) is 3.39. The summed E-state index contributed by atoms with van der Waals surface area (Å²) < 4.78 is 10.0. The van der Waals surface area contributed by atoms with Gasteiger partial charge in [0.25, 0.3) is 5.91 Å². The Morgan fingerprint density at radius 3 is 2.89 bits per heavy atom. The van der Waals surface area contributed by atoms with Crippen LogP contribution >= 0.6 is 11.8 Å². The maximum atomic E-state index is 13.1. The summed E-state index contributed by atoms with van der Waals surface area (Å²) in [5.41, 5.74) is -0.475. The molecule has 3 rings (SSSR count). The molecular formula is C18H24N3O5S+. The second kappa shape index (κ2) is 7.77. The number of ether oxygens (including phenoxy) is 2. The highest BCUT2D eigenvalue weighted by molar-refractivity contribution is 8.00. The van der Waals surface area contributed by atoms with Gasteiger partial charge in [-0.15, -0.1) is 11.8 Å². The van der Waals surface area contributed by atoms with Crippen molar-refractivity contribution in [1.82, 2.24) is 10.2 Å².